The molecule has 0 bridgehead atoms. The second-order valence-corrected chi connectivity index (χ2v) is 7.75. The predicted octanol–water partition coefficient (Wildman–Crippen LogP) is 2.41. The third-order valence-corrected chi connectivity index (χ3v) is 5.27. The second-order valence-electron chi connectivity index (χ2n) is 7.75. The summed E-state index contributed by atoms with van der Waals surface area (Å²) in [5.74, 6) is -1.39. The molecule has 7 heteroatoms. The Morgan fingerprint density at radius 3 is 2.30 bits per heavy atom. The molecule has 0 aliphatic carbocycles. The number of ketones is 1. The summed E-state index contributed by atoms with van der Waals surface area (Å²) < 4.78 is 0. The zero-order valence-corrected chi connectivity index (χ0v) is 18.1. The number of nitrogens with zero attached hydrogens (tertiary/aromatic N) is 2. The van der Waals surface area contributed by atoms with Crippen molar-refractivity contribution in [3.63, 3.8) is 0 Å². The van der Waals surface area contributed by atoms with Crippen molar-refractivity contribution in [1.29, 1.82) is 0 Å². The standard InChI is InChI=1S/C23H33N3O4/c1-3-5-14-25(15-6-4-2)17-21(28)24-19-12-13-22(29)26(23(19)30)16-20(27)18-10-8-7-9-11-18/h7-11,19H,3-6,12-17H2,1-2H3,(H,24,28). The topological polar surface area (TPSA) is 86.8 Å². The molecule has 0 radical (unpaired) electrons. The number of benzene rings is 1. The van der Waals surface area contributed by atoms with Crippen molar-refractivity contribution in [3.05, 3.63) is 35.9 Å². The molecule has 1 aliphatic heterocycles. The van der Waals surface area contributed by atoms with E-state index in [4.69, 9.17) is 0 Å². The van der Waals surface area contributed by atoms with Crippen LogP contribution < -0.4 is 5.32 Å². The molecule has 7 nitrogen and oxygen atoms in total. The maximum absolute atomic E-state index is 12.8. The first-order valence-corrected chi connectivity index (χ1v) is 10.9. The highest BCUT2D eigenvalue weighted by atomic mass is 16.2. The average Bonchev–Trinajstić information content (AvgIpc) is 2.75. The van der Waals surface area contributed by atoms with Crippen molar-refractivity contribution in [2.24, 2.45) is 0 Å². The monoisotopic (exact) mass is 415 g/mol. The molecule has 1 unspecified atom stereocenters. The molecule has 0 aromatic heterocycles. The van der Waals surface area contributed by atoms with Crippen LogP contribution >= 0.6 is 0 Å². The van der Waals surface area contributed by atoms with Crippen LogP contribution in [0.4, 0.5) is 0 Å². The minimum absolute atomic E-state index is 0.133. The molecule has 0 spiro atoms. The van der Waals surface area contributed by atoms with Gasteiger partial charge >= 0.3 is 0 Å². The summed E-state index contributed by atoms with van der Waals surface area (Å²) in [5, 5.41) is 2.78. The Morgan fingerprint density at radius 2 is 1.70 bits per heavy atom. The third-order valence-electron chi connectivity index (χ3n) is 5.27. The fraction of sp³-hybridized carbons (Fsp3) is 0.565. The van der Waals surface area contributed by atoms with E-state index in [-0.39, 0.29) is 43.5 Å². The molecule has 1 N–H and O–H groups in total. The smallest absolute Gasteiger partial charge is 0.252 e. The van der Waals surface area contributed by atoms with Gasteiger partial charge < -0.3 is 5.32 Å². The van der Waals surface area contributed by atoms with E-state index in [0.29, 0.717) is 5.56 Å². The second kappa shape index (κ2) is 12.2. The van der Waals surface area contributed by atoms with Crippen LogP contribution in [0.5, 0.6) is 0 Å². The van der Waals surface area contributed by atoms with Gasteiger partial charge in [-0.05, 0) is 32.4 Å². The van der Waals surface area contributed by atoms with Crippen molar-refractivity contribution in [2.45, 2.75) is 58.4 Å². The molecule has 1 aromatic carbocycles. The van der Waals surface area contributed by atoms with Crippen molar-refractivity contribution in [3.8, 4) is 0 Å². The molecular weight excluding hydrogens is 382 g/mol. The molecule has 0 saturated carbocycles. The van der Waals surface area contributed by atoms with E-state index in [1.807, 2.05) is 0 Å². The Morgan fingerprint density at radius 1 is 1.07 bits per heavy atom. The van der Waals surface area contributed by atoms with Gasteiger partial charge in [0.2, 0.25) is 11.8 Å². The molecule has 1 aromatic rings. The van der Waals surface area contributed by atoms with Gasteiger partial charge in [-0.15, -0.1) is 0 Å². The highest BCUT2D eigenvalue weighted by molar-refractivity contribution is 6.07. The van der Waals surface area contributed by atoms with Gasteiger partial charge in [-0.2, -0.15) is 0 Å². The normalized spacial score (nSPS) is 16.8. The Kier molecular flexibility index (Phi) is 9.67. The zero-order chi connectivity index (χ0) is 21.9. The largest absolute Gasteiger partial charge is 0.343 e. The summed E-state index contributed by atoms with van der Waals surface area (Å²) in [7, 11) is 0. The van der Waals surface area contributed by atoms with Crippen LogP contribution in [-0.2, 0) is 14.4 Å². The number of imide groups is 1. The van der Waals surface area contributed by atoms with E-state index in [9.17, 15) is 19.2 Å². The first kappa shape index (κ1) is 23.7. The number of nitrogens with one attached hydrogen (secondary N) is 1. The van der Waals surface area contributed by atoms with Gasteiger partial charge in [-0.1, -0.05) is 57.0 Å². The highest BCUT2D eigenvalue weighted by Gasteiger charge is 2.36. The fourth-order valence-electron chi connectivity index (χ4n) is 3.47. The molecule has 1 saturated heterocycles. The van der Waals surface area contributed by atoms with Gasteiger partial charge in [-0.3, -0.25) is 29.0 Å². The van der Waals surface area contributed by atoms with Crippen molar-refractivity contribution in [2.75, 3.05) is 26.2 Å². The molecular formula is C23H33N3O4. The van der Waals surface area contributed by atoms with Crippen LogP contribution in [0, 0.1) is 0 Å². The van der Waals surface area contributed by atoms with Crippen LogP contribution in [-0.4, -0.2) is 65.5 Å². The van der Waals surface area contributed by atoms with E-state index >= 15 is 0 Å². The summed E-state index contributed by atoms with van der Waals surface area (Å²) in [6.45, 7) is 5.85. The van der Waals surface area contributed by atoms with Crippen LogP contribution in [0.3, 0.4) is 0 Å². The summed E-state index contributed by atoms with van der Waals surface area (Å²) in [4.78, 5) is 53.1. The minimum atomic E-state index is -0.766. The molecule has 2 rings (SSSR count). The van der Waals surface area contributed by atoms with Crippen LogP contribution in [0.1, 0.15) is 62.7 Å². The number of unbranched alkanes of at least 4 members (excludes halogenated alkanes) is 2. The van der Waals surface area contributed by atoms with E-state index in [2.05, 4.69) is 24.1 Å². The number of amides is 3. The highest BCUT2D eigenvalue weighted by Crippen LogP contribution is 2.15. The first-order chi connectivity index (χ1) is 14.5. The number of carbonyl (C=O) groups is 4. The fourth-order valence-corrected chi connectivity index (χ4v) is 3.47. The Hall–Kier alpha value is -2.54. The lowest BCUT2D eigenvalue weighted by Crippen LogP contribution is -2.56. The lowest BCUT2D eigenvalue weighted by molar-refractivity contribution is -0.150. The van der Waals surface area contributed by atoms with Gasteiger partial charge in [0.25, 0.3) is 5.91 Å². The predicted molar refractivity (Wildman–Crippen MR) is 115 cm³/mol. The minimum Gasteiger partial charge on any atom is -0.343 e. The summed E-state index contributed by atoms with van der Waals surface area (Å²) in [6.07, 6.45) is 4.54. The van der Waals surface area contributed by atoms with E-state index in [0.717, 1.165) is 43.7 Å². The van der Waals surface area contributed by atoms with Gasteiger partial charge in [-0.25, -0.2) is 0 Å². The van der Waals surface area contributed by atoms with Crippen molar-refractivity contribution >= 4 is 23.5 Å². The van der Waals surface area contributed by atoms with Gasteiger partial charge in [0.1, 0.15) is 6.04 Å². The summed E-state index contributed by atoms with van der Waals surface area (Å²) in [6, 6.07) is 7.81. The molecule has 1 atom stereocenters. The lowest BCUT2D eigenvalue weighted by atomic mass is 10.0. The maximum atomic E-state index is 12.8. The quantitative estimate of drug-likeness (QED) is 0.418. The average molecular weight is 416 g/mol. The number of hydrogen-bond acceptors (Lipinski definition) is 5. The maximum Gasteiger partial charge on any atom is 0.252 e. The number of piperidine rings is 1. The molecule has 1 fully saturated rings. The van der Waals surface area contributed by atoms with Crippen LogP contribution in [0.25, 0.3) is 0 Å². The molecule has 3 amide bonds. The van der Waals surface area contributed by atoms with Gasteiger partial charge in [0.05, 0.1) is 13.1 Å². The Balaban J connectivity index is 1.95. The number of carbonyl (C=O) groups excluding carboxylic acids is 4. The molecule has 1 aliphatic rings. The number of Topliss-reactive ketones (excluding diaryl/α,β-unsaturated/α-hetero) is 1. The molecule has 30 heavy (non-hydrogen) atoms. The van der Waals surface area contributed by atoms with Crippen LogP contribution in [0.15, 0.2) is 30.3 Å². The third kappa shape index (κ3) is 7.06. The number of likely N-dealkylation sites (tertiary alicyclic amines) is 1. The zero-order valence-electron chi connectivity index (χ0n) is 18.1. The van der Waals surface area contributed by atoms with Crippen LogP contribution in [0.2, 0.25) is 0 Å². The number of hydrogen-bond donors (Lipinski definition) is 1. The van der Waals surface area contributed by atoms with E-state index in [1.165, 1.54) is 0 Å². The lowest BCUT2D eigenvalue weighted by Gasteiger charge is -2.31. The first-order valence-electron chi connectivity index (χ1n) is 10.9. The van der Waals surface area contributed by atoms with Gasteiger partial charge in [0, 0.05) is 12.0 Å². The number of rotatable bonds is 12. The SMILES string of the molecule is CCCCN(CCCC)CC(=O)NC1CCC(=O)N(CC(=O)c2ccccc2)C1=O. The molecule has 164 valence electrons. The van der Waals surface area contributed by atoms with E-state index < -0.39 is 11.9 Å². The Bertz CT molecular complexity index is 727. The summed E-state index contributed by atoms with van der Waals surface area (Å²) in [5.41, 5.74) is 0.451. The van der Waals surface area contributed by atoms with Gasteiger partial charge in [0.15, 0.2) is 5.78 Å². The van der Waals surface area contributed by atoms with Crippen molar-refractivity contribution < 1.29 is 19.2 Å². The molecule has 1 heterocycles. The van der Waals surface area contributed by atoms with Crippen molar-refractivity contribution in [1.82, 2.24) is 15.1 Å². The summed E-state index contributed by atoms with van der Waals surface area (Å²) >= 11 is 0. The Labute approximate surface area is 178 Å². The van der Waals surface area contributed by atoms with E-state index in [1.54, 1.807) is 30.3 Å².